The lowest BCUT2D eigenvalue weighted by molar-refractivity contribution is 0.0696. The minimum atomic E-state index is -0.930. The molecule has 0 saturated carbocycles. The number of ketones is 1. The first-order valence-electron chi connectivity index (χ1n) is 7.82. The van der Waals surface area contributed by atoms with E-state index in [4.69, 9.17) is 5.11 Å². The predicted octanol–water partition coefficient (Wildman–Crippen LogP) is 3.55. The Morgan fingerprint density at radius 2 is 1.75 bits per heavy atom. The van der Waals surface area contributed by atoms with Crippen LogP contribution in [0.5, 0.6) is 0 Å². The van der Waals surface area contributed by atoms with Crippen molar-refractivity contribution in [2.75, 3.05) is 0 Å². The molecule has 1 N–H and O–H groups in total. The maximum Gasteiger partial charge on any atom is 0.335 e. The van der Waals surface area contributed by atoms with E-state index in [1.165, 1.54) is 0 Å². The Kier molecular flexibility index (Phi) is 4.16. The number of nitrogens with zero attached hydrogens (tertiary/aromatic N) is 2. The number of carboxylic acid groups (broad SMARTS) is 1. The van der Waals surface area contributed by atoms with Crippen LogP contribution >= 0.6 is 0 Å². The summed E-state index contributed by atoms with van der Waals surface area (Å²) >= 11 is 0. The highest BCUT2D eigenvalue weighted by molar-refractivity contribution is 5.97. The number of fused-ring (bicyclic) bond motifs is 1. The third-order valence-corrected chi connectivity index (χ3v) is 4.09. The quantitative estimate of drug-likeness (QED) is 0.729. The minimum absolute atomic E-state index is 0.0220. The second-order valence-electron chi connectivity index (χ2n) is 5.73. The van der Waals surface area contributed by atoms with Crippen molar-refractivity contribution in [2.45, 2.75) is 26.8 Å². The molecule has 2 aromatic carbocycles. The maximum atomic E-state index is 11.5. The van der Waals surface area contributed by atoms with Crippen molar-refractivity contribution >= 4 is 22.8 Å². The number of aryl methyl sites for hydroxylation is 1. The number of imidazole rings is 1. The molecule has 1 heterocycles. The van der Waals surface area contributed by atoms with Crippen LogP contribution in [0, 0.1) is 0 Å². The first-order chi connectivity index (χ1) is 11.5. The predicted molar refractivity (Wildman–Crippen MR) is 91.6 cm³/mol. The van der Waals surface area contributed by atoms with E-state index >= 15 is 0 Å². The van der Waals surface area contributed by atoms with Gasteiger partial charge in [0.25, 0.3) is 0 Å². The van der Waals surface area contributed by atoms with Gasteiger partial charge in [0.2, 0.25) is 0 Å². The van der Waals surface area contributed by atoms with Crippen LogP contribution in [0.4, 0.5) is 0 Å². The van der Waals surface area contributed by atoms with Crippen molar-refractivity contribution in [3.05, 3.63) is 65.0 Å². The van der Waals surface area contributed by atoms with Gasteiger partial charge in [-0.15, -0.1) is 0 Å². The topological polar surface area (TPSA) is 72.2 Å². The first-order valence-corrected chi connectivity index (χ1v) is 7.82. The number of carbonyl (C=O) groups is 2. The van der Waals surface area contributed by atoms with Gasteiger partial charge in [0.1, 0.15) is 5.82 Å². The van der Waals surface area contributed by atoms with E-state index in [0.717, 1.165) is 28.8 Å². The number of carbonyl (C=O) groups excluding carboxylic acids is 1. The SMILES string of the molecule is CCc1nc2cc(C(C)=O)ccc2n1Cc1ccc(C(=O)O)cc1. The molecule has 0 unspecified atom stereocenters. The molecule has 3 aromatic rings. The fraction of sp³-hybridized carbons (Fsp3) is 0.211. The van der Waals surface area contributed by atoms with Gasteiger partial charge < -0.3 is 9.67 Å². The Morgan fingerprint density at radius 1 is 1.08 bits per heavy atom. The molecular formula is C19H18N2O3. The normalized spacial score (nSPS) is 10.9. The van der Waals surface area contributed by atoms with Crippen molar-refractivity contribution < 1.29 is 14.7 Å². The molecule has 24 heavy (non-hydrogen) atoms. The van der Waals surface area contributed by atoms with E-state index < -0.39 is 5.97 Å². The standard InChI is InChI=1S/C19H18N2O3/c1-3-18-20-16-10-15(12(2)22)8-9-17(16)21(18)11-13-4-6-14(7-5-13)19(23)24/h4-10H,3,11H2,1-2H3,(H,23,24). The molecule has 5 nitrogen and oxygen atoms in total. The molecule has 0 bridgehead atoms. The van der Waals surface area contributed by atoms with Crippen LogP contribution < -0.4 is 0 Å². The summed E-state index contributed by atoms with van der Waals surface area (Å²) in [4.78, 5) is 27.1. The summed E-state index contributed by atoms with van der Waals surface area (Å²) in [7, 11) is 0. The number of benzene rings is 2. The van der Waals surface area contributed by atoms with Gasteiger partial charge in [0.05, 0.1) is 16.6 Å². The summed E-state index contributed by atoms with van der Waals surface area (Å²) in [6, 6.07) is 12.4. The molecule has 0 aliphatic heterocycles. The summed E-state index contributed by atoms with van der Waals surface area (Å²) in [5.41, 5.74) is 3.71. The van der Waals surface area contributed by atoms with E-state index in [1.54, 1.807) is 19.1 Å². The molecule has 1 aromatic heterocycles. The average molecular weight is 322 g/mol. The third kappa shape index (κ3) is 2.93. The van der Waals surface area contributed by atoms with Crippen LogP contribution in [-0.2, 0) is 13.0 Å². The third-order valence-electron chi connectivity index (χ3n) is 4.09. The van der Waals surface area contributed by atoms with Gasteiger partial charge in [-0.1, -0.05) is 19.1 Å². The molecule has 0 radical (unpaired) electrons. The van der Waals surface area contributed by atoms with Gasteiger partial charge in [-0.3, -0.25) is 4.79 Å². The Labute approximate surface area is 139 Å². The summed E-state index contributed by atoms with van der Waals surface area (Å²) in [5, 5.41) is 8.98. The number of hydrogen-bond donors (Lipinski definition) is 1. The van der Waals surface area contributed by atoms with Crippen LogP contribution in [0.15, 0.2) is 42.5 Å². The molecular weight excluding hydrogens is 304 g/mol. The van der Waals surface area contributed by atoms with Crippen LogP contribution in [0.3, 0.4) is 0 Å². The number of carboxylic acids is 1. The highest BCUT2D eigenvalue weighted by Crippen LogP contribution is 2.20. The van der Waals surface area contributed by atoms with Crippen molar-refractivity contribution in [1.29, 1.82) is 0 Å². The van der Waals surface area contributed by atoms with E-state index in [9.17, 15) is 9.59 Å². The van der Waals surface area contributed by atoms with Gasteiger partial charge in [-0.25, -0.2) is 9.78 Å². The molecule has 0 fully saturated rings. The van der Waals surface area contributed by atoms with E-state index in [0.29, 0.717) is 12.1 Å². The smallest absolute Gasteiger partial charge is 0.335 e. The second kappa shape index (κ2) is 6.28. The lowest BCUT2D eigenvalue weighted by Crippen LogP contribution is -2.05. The van der Waals surface area contributed by atoms with Crippen LogP contribution in [0.25, 0.3) is 11.0 Å². The van der Waals surface area contributed by atoms with Gasteiger partial charge >= 0.3 is 5.97 Å². The van der Waals surface area contributed by atoms with Crippen molar-refractivity contribution in [3.63, 3.8) is 0 Å². The Balaban J connectivity index is 2.01. The van der Waals surface area contributed by atoms with Gasteiger partial charge in [0, 0.05) is 18.5 Å². The lowest BCUT2D eigenvalue weighted by atomic mass is 10.1. The first kappa shape index (κ1) is 15.9. The molecule has 3 rings (SSSR count). The van der Waals surface area contributed by atoms with E-state index in [1.807, 2.05) is 37.3 Å². The number of rotatable bonds is 5. The number of hydrogen-bond acceptors (Lipinski definition) is 3. The second-order valence-corrected chi connectivity index (χ2v) is 5.73. The number of aromatic nitrogens is 2. The number of aromatic carboxylic acids is 1. The Bertz CT molecular complexity index is 924. The van der Waals surface area contributed by atoms with Crippen LogP contribution in [0.1, 0.15) is 46.0 Å². The van der Waals surface area contributed by atoms with Crippen molar-refractivity contribution in [1.82, 2.24) is 9.55 Å². The highest BCUT2D eigenvalue weighted by atomic mass is 16.4. The lowest BCUT2D eigenvalue weighted by Gasteiger charge is -2.09. The molecule has 0 amide bonds. The zero-order chi connectivity index (χ0) is 17.3. The number of Topliss-reactive ketones (excluding diaryl/α,β-unsaturated/α-hetero) is 1. The molecule has 5 heteroatoms. The van der Waals surface area contributed by atoms with Crippen LogP contribution in [0.2, 0.25) is 0 Å². The molecule has 0 saturated heterocycles. The molecule has 0 aliphatic carbocycles. The molecule has 122 valence electrons. The van der Waals surface area contributed by atoms with E-state index in [2.05, 4.69) is 9.55 Å². The van der Waals surface area contributed by atoms with Gasteiger partial charge in [-0.2, -0.15) is 0 Å². The maximum absolute atomic E-state index is 11.5. The van der Waals surface area contributed by atoms with Crippen LogP contribution in [-0.4, -0.2) is 26.4 Å². The molecule has 0 aliphatic rings. The fourth-order valence-electron chi connectivity index (χ4n) is 2.78. The highest BCUT2D eigenvalue weighted by Gasteiger charge is 2.12. The summed E-state index contributed by atoms with van der Waals surface area (Å²) in [6.45, 7) is 4.19. The zero-order valence-corrected chi connectivity index (χ0v) is 13.6. The summed E-state index contributed by atoms with van der Waals surface area (Å²) < 4.78 is 2.11. The van der Waals surface area contributed by atoms with Crippen molar-refractivity contribution in [3.8, 4) is 0 Å². The van der Waals surface area contributed by atoms with E-state index in [-0.39, 0.29) is 11.3 Å². The fourth-order valence-corrected chi connectivity index (χ4v) is 2.78. The molecule has 0 atom stereocenters. The monoisotopic (exact) mass is 322 g/mol. The largest absolute Gasteiger partial charge is 0.478 e. The average Bonchev–Trinajstić information content (AvgIpc) is 2.92. The zero-order valence-electron chi connectivity index (χ0n) is 13.6. The Morgan fingerprint density at radius 3 is 2.33 bits per heavy atom. The van der Waals surface area contributed by atoms with Gasteiger partial charge in [-0.05, 0) is 42.8 Å². The summed E-state index contributed by atoms with van der Waals surface area (Å²) in [6.07, 6.45) is 0.775. The minimum Gasteiger partial charge on any atom is -0.478 e. The molecule has 0 spiro atoms. The summed E-state index contributed by atoms with van der Waals surface area (Å²) in [5.74, 6) is 0.0300. The Hall–Kier alpha value is -2.95. The van der Waals surface area contributed by atoms with Crippen molar-refractivity contribution in [2.24, 2.45) is 0 Å². The van der Waals surface area contributed by atoms with Gasteiger partial charge in [0.15, 0.2) is 5.78 Å².